The van der Waals surface area contributed by atoms with Crippen molar-refractivity contribution in [3.8, 4) is 11.5 Å². The normalized spacial score (nSPS) is 10.6. The first kappa shape index (κ1) is 16.8. The highest BCUT2D eigenvalue weighted by Crippen LogP contribution is 2.28. The minimum atomic E-state index is -0.506. The Morgan fingerprint density at radius 1 is 1.30 bits per heavy atom. The zero-order valence-electron chi connectivity index (χ0n) is 13.2. The fourth-order valence-electron chi connectivity index (χ4n) is 1.86. The van der Waals surface area contributed by atoms with Crippen molar-refractivity contribution in [1.29, 1.82) is 0 Å². The SMILES string of the molecule is COC(=O)c1cc(OC)cc(OC)c1C=NNc1nc(C)cs1. The van der Waals surface area contributed by atoms with E-state index >= 15 is 0 Å². The van der Waals surface area contributed by atoms with Crippen LogP contribution in [0.5, 0.6) is 11.5 Å². The van der Waals surface area contributed by atoms with E-state index in [4.69, 9.17) is 14.2 Å². The Morgan fingerprint density at radius 2 is 2.09 bits per heavy atom. The molecule has 122 valence electrons. The molecule has 7 nitrogen and oxygen atoms in total. The number of hydrogen-bond acceptors (Lipinski definition) is 8. The second-order valence-electron chi connectivity index (χ2n) is 4.45. The lowest BCUT2D eigenvalue weighted by atomic mass is 10.1. The first-order valence-electron chi connectivity index (χ1n) is 6.64. The number of hydrazone groups is 1. The summed E-state index contributed by atoms with van der Waals surface area (Å²) < 4.78 is 15.3. The second-order valence-corrected chi connectivity index (χ2v) is 5.30. The number of benzene rings is 1. The zero-order valence-corrected chi connectivity index (χ0v) is 14.1. The Labute approximate surface area is 137 Å². The molecule has 0 bridgehead atoms. The highest BCUT2D eigenvalue weighted by molar-refractivity contribution is 7.13. The first-order chi connectivity index (χ1) is 11.1. The van der Waals surface area contributed by atoms with Crippen molar-refractivity contribution in [2.45, 2.75) is 6.92 Å². The van der Waals surface area contributed by atoms with Crippen LogP contribution in [0.15, 0.2) is 22.6 Å². The standard InChI is InChI=1S/C15H17N3O4S/c1-9-8-23-15(17-9)18-16-7-12-11(14(19)22-4)5-10(20-2)6-13(12)21-3/h5-8H,1-4H3,(H,17,18). The summed E-state index contributed by atoms with van der Waals surface area (Å²) in [7, 11) is 4.33. The third kappa shape index (κ3) is 3.98. The molecule has 0 atom stereocenters. The van der Waals surface area contributed by atoms with Crippen molar-refractivity contribution in [2.75, 3.05) is 26.8 Å². The van der Waals surface area contributed by atoms with Gasteiger partial charge in [0.1, 0.15) is 11.5 Å². The molecule has 2 aromatic rings. The lowest BCUT2D eigenvalue weighted by Gasteiger charge is -2.11. The highest BCUT2D eigenvalue weighted by atomic mass is 32.1. The summed E-state index contributed by atoms with van der Waals surface area (Å²) in [5.74, 6) is 0.433. The number of aromatic nitrogens is 1. The number of nitrogens with zero attached hydrogens (tertiary/aromatic N) is 2. The van der Waals surface area contributed by atoms with Gasteiger partial charge in [-0.1, -0.05) is 0 Å². The van der Waals surface area contributed by atoms with Gasteiger partial charge >= 0.3 is 5.97 Å². The topological polar surface area (TPSA) is 82.0 Å². The summed E-state index contributed by atoms with van der Waals surface area (Å²) in [6.45, 7) is 1.90. The predicted octanol–water partition coefficient (Wildman–Crippen LogP) is 2.70. The monoisotopic (exact) mass is 335 g/mol. The largest absolute Gasteiger partial charge is 0.497 e. The van der Waals surface area contributed by atoms with Crippen LogP contribution in [-0.4, -0.2) is 38.5 Å². The molecular formula is C15H17N3O4S. The fraction of sp³-hybridized carbons (Fsp3) is 0.267. The lowest BCUT2D eigenvalue weighted by molar-refractivity contribution is 0.0599. The number of aryl methyl sites for hydroxylation is 1. The first-order valence-corrected chi connectivity index (χ1v) is 7.52. The van der Waals surface area contributed by atoms with Gasteiger partial charge in [0, 0.05) is 11.4 Å². The van der Waals surface area contributed by atoms with E-state index < -0.39 is 5.97 Å². The predicted molar refractivity (Wildman–Crippen MR) is 89.0 cm³/mol. The summed E-state index contributed by atoms with van der Waals surface area (Å²) in [5, 5.41) is 6.68. The number of thiazole rings is 1. The molecule has 1 heterocycles. The van der Waals surface area contributed by atoms with E-state index in [0.29, 0.717) is 27.8 Å². The van der Waals surface area contributed by atoms with Crippen molar-refractivity contribution >= 4 is 28.7 Å². The third-order valence-corrected chi connectivity index (χ3v) is 3.81. The molecule has 0 amide bonds. The molecule has 1 N–H and O–H groups in total. The molecule has 0 saturated carbocycles. The molecule has 0 fully saturated rings. The van der Waals surface area contributed by atoms with E-state index in [1.807, 2.05) is 12.3 Å². The average molecular weight is 335 g/mol. The van der Waals surface area contributed by atoms with Crippen molar-refractivity contribution in [1.82, 2.24) is 4.98 Å². The zero-order chi connectivity index (χ0) is 16.8. The number of esters is 1. The molecule has 0 unspecified atom stereocenters. The number of nitrogens with one attached hydrogen (secondary N) is 1. The Bertz CT molecular complexity index is 728. The van der Waals surface area contributed by atoms with Crippen molar-refractivity contribution in [3.63, 3.8) is 0 Å². The maximum Gasteiger partial charge on any atom is 0.338 e. The molecular weight excluding hydrogens is 318 g/mol. The molecule has 0 saturated heterocycles. The average Bonchev–Trinajstić information content (AvgIpc) is 2.99. The molecule has 0 aliphatic heterocycles. The van der Waals surface area contributed by atoms with Gasteiger partial charge in [-0.25, -0.2) is 9.78 Å². The Morgan fingerprint density at radius 3 is 2.65 bits per heavy atom. The summed E-state index contributed by atoms with van der Waals surface area (Å²) in [4.78, 5) is 16.2. The minimum absolute atomic E-state index is 0.296. The Balaban J connectivity index is 2.36. The maximum atomic E-state index is 12.0. The molecule has 0 radical (unpaired) electrons. The van der Waals surface area contributed by atoms with Gasteiger partial charge in [-0.2, -0.15) is 5.10 Å². The lowest BCUT2D eigenvalue weighted by Crippen LogP contribution is -2.08. The number of carbonyl (C=O) groups is 1. The number of hydrogen-bond donors (Lipinski definition) is 1. The van der Waals surface area contributed by atoms with Gasteiger partial charge < -0.3 is 14.2 Å². The Kier molecular flexibility index (Phi) is 5.53. The summed E-state index contributed by atoms with van der Waals surface area (Å²) in [6, 6.07) is 3.24. The molecule has 2 rings (SSSR count). The van der Waals surface area contributed by atoms with Crippen LogP contribution < -0.4 is 14.9 Å². The maximum absolute atomic E-state index is 12.0. The van der Waals surface area contributed by atoms with Crippen LogP contribution in [0.25, 0.3) is 0 Å². The third-order valence-electron chi connectivity index (χ3n) is 2.95. The van der Waals surface area contributed by atoms with Crippen molar-refractivity contribution in [3.05, 3.63) is 34.3 Å². The molecule has 0 aliphatic rings. The van der Waals surface area contributed by atoms with Gasteiger partial charge in [-0.15, -0.1) is 11.3 Å². The molecule has 1 aromatic heterocycles. The smallest absolute Gasteiger partial charge is 0.338 e. The van der Waals surface area contributed by atoms with E-state index in [1.54, 1.807) is 12.1 Å². The number of rotatable bonds is 6. The van der Waals surface area contributed by atoms with Crippen LogP contribution >= 0.6 is 11.3 Å². The van der Waals surface area contributed by atoms with Crippen LogP contribution in [0, 0.1) is 6.92 Å². The molecule has 8 heteroatoms. The molecule has 0 aliphatic carbocycles. The van der Waals surface area contributed by atoms with Crippen molar-refractivity contribution in [2.24, 2.45) is 5.10 Å². The summed E-state index contributed by atoms with van der Waals surface area (Å²) in [5.41, 5.74) is 4.51. The van der Waals surface area contributed by atoms with Crippen molar-refractivity contribution < 1.29 is 19.0 Å². The number of anilines is 1. The molecule has 1 aromatic carbocycles. The Hall–Kier alpha value is -2.61. The quantitative estimate of drug-likeness (QED) is 0.496. The van der Waals surface area contributed by atoms with Gasteiger partial charge in [0.05, 0.1) is 44.4 Å². The van der Waals surface area contributed by atoms with Crippen LogP contribution in [0.3, 0.4) is 0 Å². The van der Waals surface area contributed by atoms with E-state index in [1.165, 1.54) is 38.9 Å². The second kappa shape index (κ2) is 7.59. The van der Waals surface area contributed by atoms with E-state index in [-0.39, 0.29) is 0 Å². The van der Waals surface area contributed by atoms with Gasteiger partial charge in [-0.05, 0) is 13.0 Å². The number of methoxy groups -OCH3 is 3. The van der Waals surface area contributed by atoms with Crippen LogP contribution in [0.2, 0.25) is 0 Å². The van der Waals surface area contributed by atoms with Gasteiger partial charge in [-0.3, -0.25) is 5.43 Å². The van der Waals surface area contributed by atoms with Gasteiger partial charge in [0.15, 0.2) is 0 Å². The number of carbonyl (C=O) groups excluding carboxylic acids is 1. The summed E-state index contributed by atoms with van der Waals surface area (Å²) >= 11 is 1.44. The van der Waals surface area contributed by atoms with E-state index in [2.05, 4.69) is 15.5 Å². The van der Waals surface area contributed by atoms with E-state index in [0.717, 1.165) is 5.69 Å². The number of ether oxygens (including phenoxy) is 3. The van der Waals surface area contributed by atoms with Crippen LogP contribution in [0.4, 0.5) is 5.13 Å². The molecule has 0 spiro atoms. The fourth-order valence-corrected chi connectivity index (χ4v) is 2.49. The van der Waals surface area contributed by atoms with Gasteiger partial charge in [0.25, 0.3) is 0 Å². The van der Waals surface area contributed by atoms with Crippen LogP contribution in [0.1, 0.15) is 21.6 Å². The van der Waals surface area contributed by atoms with Crippen LogP contribution in [-0.2, 0) is 4.74 Å². The highest BCUT2D eigenvalue weighted by Gasteiger charge is 2.17. The van der Waals surface area contributed by atoms with Gasteiger partial charge in [0.2, 0.25) is 5.13 Å². The summed E-state index contributed by atoms with van der Waals surface area (Å²) in [6.07, 6.45) is 1.49. The molecule has 23 heavy (non-hydrogen) atoms. The minimum Gasteiger partial charge on any atom is -0.497 e. The van der Waals surface area contributed by atoms with E-state index in [9.17, 15) is 4.79 Å².